The van der Waals surface area contributed by atoms with Gasteiger partial charge in [0.2, 0.25) is 11.8 Å². The molecule has 2 saturated heterocycles. The van der Waals surface area contributed by atoms with E-state index < -0.39 is 12.1 Å². The number of rotatable bonds is 9. The molecule has 0 bridgehead atoms. The van der Waals surface area contributed by atoms with Gasteiger partial charge >= 0.3 is 0 Å². The van der Waals surface area contributed by atoms with Gasteiger partial charge in [0.25, 0.3) is 0 Å². The van der Waals surface area contributed by atoms with Gasteiger partial charge in [-0.2, -0.15) is 0 Å². The fourth-order valence-electron chi connectivity index (χ4n) is 4.98. The summed E-state index contributed by atoms with van der Waals surface area (Å²) in [6.07, 6.45) is 3.35. The van der Waals surface area contributed by atoms with E-state index in [4.69, 9.17) is 9.47 Å². The Hall–Kier alpha value is -3.06. The molecule has 182 valence electrons. The normalized spacial score (nSPS) is 20.9. The molecule has 0 aliphatic carbocycles. The van der Waals surface area contributed by atoms with E-state index in [0.29, 0.717) is 38.1 Å². The molecule has 2 fully saturated rings. The molecule has 2 aromatic carbocycles. The van der Waals surface area contributed by atoms with Gasteiger partial charge in [0, 0.05) is 19.5 Å². The summed E-state index contributed by atoms with van der Waals surface area (Å²) in [5, 5.41) is 10.8. The molecule has 0 spiro atoms. The summed E-state index contributed by atoms with van der Waals surface area (Å²) < 4.78 is 10.9. The number of hydrogen-bond acceptors (Lipinski definition) is 5. The molecular formula is C27H34N2O5. The largest absolute Gasteiger partial charge is 0.497 e. The Kier molecular flexibility index (Phi) is 8.06. The molecule has 0 aromatic heterocycles. The van der Waals surface area contributed by atoms with Crippen molar-refractivity contribution < 1.29 is 24.2 Å². The van der Waals surface area contributed by atoms with Crippen LogP contribution in [0.3, 0.4) is 0 Å². The van der Waals surface area contributed by atoms with Gasteiger partial charge in [0.05, 0.1) is 13.2 Å². The van der Waals surface area contributed by atoms with Gasteiger partial charge in [-0.05, 0) is 61.9 Å². The van der Waals surface area contributed by atoms with Crippen LogP contribution in [0.1, 0.15) is 37.7 Å². The highest BCUT2D eigenvalue weighted by Crippen LogP contribution is 2.27. The highest BCUT2D eigenvalue weighted by atomic mass is 16.5. The van der Waals surface area contributed by atoms with Gasteiger partial charge in [-0.25, -0.2) is 0 Å². The zero-order valence-electron chi connectivity index (χ0n) is 19.8. The predicted octanol–water partition coefficient (Wildman–Crippen LogP) is 3.05. The van der Waals surface area contributed by atoms with Gasteiger partial charge < -0.3 is 24.4 Å². The number of carbonyl (C=O) groups excluding carboxylic acids is 2. The molecule has 2 amide bonds. The number of likely N-dealkylation sites (tertiary alicyclic amines) is 2. The van der Waals surface area contributed by atoms with E-state index >= 15 is 0 Å². The molecule has 2 aromatic rings. The zero-order chi connectivity index (χ0) is 23.9. The number of amides is 2. The lowest BCUT2D eigenvalue weighted by Crippen LogP contribution is -2.52. The third kappa shape index (κ3) is 5.70. The number of benzene rings is 2. The minimum Gasteiger partial charge on any atom is -0.497 e. The average Bonchev–Trinajstić information content (AvgIpc) is 3.57. The minimum absolute atomic E-state index is 0.0267. The predicted molar refractivity (Wildman–Crippen MR) is 129 cm³/mol. The maximum absolute atomic E-state index is 13.5. The van der Waals surface area contributed by atoms with Crippen molar-refractivity contribution in [2.45, 2.75) is 56.7 Å². The molecular weight excluding hydrogens is 432 g/mol. The fourth-order valence-corrected chi connectivity index (χ4v) is 4.98. The number of carbonyl (C=O) groups is 2. The highest BCUT2D eigenvalue weighted by molar-refractivity contribution is 5.88. The van der Waals surface area contributed by atoms with Crippen LogP contribution < -0.4 is 9.47 Å². The van der Waals surface area contributed by atoms with Crippen LogP contribution in [0.2, 0.25) is 0 Å². The number of methoxy groups -OCH3 is 1. The van der Waals surface area contributed by atoms with Crippen LogP contribution in [0, 0.1) is 0 Å². The molecule has 0 radical (unpaired) electrons. The van der Waals surface area contributed by atoms with E-state index in [-0.39, 0.29) is 24.5 Å². The van der Waals surface area contributed by atoms with Crippen LogP contribution in [0.15, 0.2) is 54.6 Å². The quantitative estimate of drug-likeness (QED) is 0.615. The van der Waals surface area contributed by atoms with E-state index in [2.05, 4.69) is 0 Å². The van der Waals surface area contributed by atoms with E-state index in [9.17, 15) is 14.7 Å². The Morgan fingerprint density at radius 2 is 1.65 bits per heavy atom. The number of nitrogens with zero attached hydrogens (tertiary/aromatic N) is 2. The first kappa shape index (κ1) is 24.1. The number of hydrogen-bond donors (Lipinski definition) is 1. The van der Waals surface area contributed by atoms with Crippen molar-refractivity contribution in [3.8, 4) is 11.5 Å². The van der Waals surface area contributed by atoms with Crippen LogP contribution in [0.4, 0.5) is 0 Å². The van der Waals surface area contributed by atoms with Crippen molar-refractivity contribution in [2.75, 3.05) is 26.8 Å². The standard InChI is InChI=1S/C27H34N2O5/c1-33-21-12-14-22(15-13-21)34-19-25(30)23-9-5-18-29(23)27(32)24-10-6-17-28(24)26(31)16-11-20-7-3-2-4-8-20/h2-4,7-8,12-15,23-25,30H,5-6,9-11,16-19H2,1H3/t23-,24+,25?/m0/s1. The molecule has 0 saturated carbocycles. The lowest BCUT2D eigenvalue weighted by Gasteiger charge is -2.33. The van der Waals surface area contributed by atoms with E-state index in [1.807, 2.05) is 30.3 Å². The van der Waals surface area contributed by atoms with Crippen LogP contribution in [-0.4, -0.2) is 71.7 Å². The van der Waals surface area contributed by atoms with E-state index in [1.54, 1.807) is 41.2 Å². The Balaban J connectivity index is 1.33. The second-order valence-electron chi connectivity index (χ2n) is 9.03. The maximum atomic E-state index is 13.5. The number of aliphatic hydroxyl groups excluding tert-OH is 1. The molecule has 4 rings (SSSR count). The van der Waals surface area contributed by atoms with Crippen molar-refractivity contribution in [1.82, 2.24) is 9.80 Å². The van der Waals surface area contributed by atoms with Gasteiger partial charge in [0.15, 0.2) is 0 Å². The number of aryl methyl sites for hydroxylation is 1. The van der Waals surface area contributed by atoms with Gasteiger partial charge in [-0.1, -0.05) is 30.3 Å². The summed E-state index contributed by atoms with van der Waals surface area (Å²) in [5.74, 6) is 1.36. The van der Waals surface area contributed by atoms with Gasteiger partial charge in [-0.15, -0.1) is 0 Å². The second-order valence-corrected chi connectivity index (χ2v) is 9.03. The van der Waals surface area contributed by atoms with Gasteiger partial charge in [0.1, 0.15) is 30.3 Å². The van der Waals surface area contributed by atoms with Crippen molar-refractivity contribution in [3.63, 3.8) is 0 Å². The smallest absolute Gasteiger partial charge is 0.245 e. The first-order valence-electron chi connectivity index (χ1n) is 12.2. The first-order chi connectivity index (χ1) is 16.6. The topological polar surface area (TPSA) is 79.3 Å². The first-order valence-corrected chi connectivity index (χ1v) is 12.2. The number of aliphatic hydroxyl groups is 1. The lowest BCUT2D eigenvalue weighted by molar-refractivity contribution is -0.146. The number of ether oxygens (including phenoxy) is 2. The molecule has 2 heterocycles. The van der Waals surface area contributed by atoms with E-state index in [0.717, 1.165) is 30.6 Å². The van der Waals surface area contributed by atoms with Crippen LogP contribution in [0.25, 0.3) is 0 Å². The fraction of sp³-hybridized carbons (Fsp3) is 0.481. The van der Waals surface area contributed by atoms with Crippen molar-refractivity contribution in [2.24, 2.45) is 0 Å². The van der Waals surface area contributed by atoms with Crippen molar-refractivity contribution in [1.29, 1.82) is 0 Å². The Morgan fingerprint density at radius 1 is 0.971 bits per heavy atom. The summed E-state index contributed by atoms with van der Waals surface area (Å²) in [6, 6.07) is 16.4. The Labute approximate surface area is 201 Å². The molecule has 7 heteroatoms. The third-order valence-corrected chi connectivity index (χ3v) is 6.84. The summed E-state index contributed by atoms with van der Waals surface area (Å²) in [6.45, 7) is 1.32. The van der Waals surface area contributed by atoms with Crippen LogP contribution in [0.5, 0.6) is 11.5 Å². The van der Waals surface area contributed by atoms with E-state index in [1.165, 1.54) is 0 Å². The lowest BCUT2D eigenvalue weighted by atomic mass is 10.1. The van der Waals surface area contributed by atoms with Crippen LogP contribution >= 0.6 is 0 Å². The van der Waals surface area contributed by atoms with Crippen LogP contribution in [-0.2, 0) is 16.0 Å². The summed E-state index contributed by atoms with van der Waals surface area (Å²) in [7, 11) is 1.60. The summed E-state index contributed by atoms with van der Waals surface area (Å²) in [5.41, 5.74) is 1.12. The molecule has 1 unspecified atom stereocenters. The SMILES string of the molecule is COc1ccc(OCC(O)[C@@H]2CCCN2C(=O)[C@H]2CCCN2C(=O)CCc2ccccc2)cc1. The molecule has 2 aliphatic rings. The summed E-state index contributed by atoms with van der Waals surface area (Å²) in [4.78, 5) is 29.9. The average molecular weight is 467 g/mol. The van der Waals surface area contributed by atoms with Gasteiger partial charge in [-0.3, -0.25) is 9.59 Å². The summed E-state index contributed by atoms with van der Waals surface area (Å²) >= 11 is 0. The molecule has 34 heavy (non-hydrogen) atoms. The molecule has 7 nitrogen and oxygen atoms in total. The highest BCUT2D eigenvalue weighted by Gasteiger charge is 2.41. The molecule has 3 atom stereocenters. The minimum atomic E-state index is -0.794. The second kappa shape index (κ2) is 11.4. The van der Waals surface area contributed by atoms with Crippen molar-refractivity contribution in [3.05, 3.63) is 60.2 Å². The monoisotopic (exact) mass is 466 g/mol. The Morgan fingerprint density at radius 3 is 2.38 bits per heavy atom. The third-order valence-electron chi connectivity index (χ3n) is 6.84. The zero-order valence-corrected chi connectivity index (χ0v) is 19.8. The van der Waals surface area contributed by atoms with Crippen molar-refractivity contribution >= 4 is 11.8 Å². The Bertz CT molecular complexity index is 949. The maximum Gasteiger partial charge on any atom is 0.245 e. The molecule has 2 aliphatic heterocycles. The molecule has 1 N–H and O–H groups in total.